The van der Waals surface area contributed by atoms with Gasteiger partial charge in [-0.2, -0.15) is 0 Å². The highest BCUT2D eigenvalue weighted by molar-refractivity contribution is 5.93. The van der Waals surface area contributed by atoms with E-state index in [2.05, 4.69) is 36.2 Å². The van der Waals surface area contributed by atoms with E-state index in [9.17, 15) is 5.11 Å². The van der Waals surface area contributed by atoms with Crippen LogP contribution in [0, 0.1) is 11.8 Å². The summed E-state index contributed by atoms with van der Waals surface area (Å²) in [7, 11) is 0. The van der Waals surface area contributed by atoms with Gasteiger partial charge in [0.25, 0.3) is 0 Å². The molecule has 1 aliphatic rings. The first-order chi connectivity index (χ1) is 11.7. The number of para-hydroxylation sites is 1. The molecule has 0 radical (unpaired) electrons. The van der Waals surface area contributed by atoms with Crippen LogP contribution in [-0.4, -0.2) is 42.2 Å². The number of nitrogens with zero attached hydrogens (tertiary/aromatic N) is 2. The number of nitrogens with one attached hydrogen (secondary N) is 1. The molecule has 1 heterocycles. The number of aliphatic hydroxyl groups is 1. The molecule has 0 aromatic heterocycles. The molecule has 1 aromatic rings. The fourth-order valence-corrected chi connectivity index (χ4v) is 3.32. The van der Waals surface area contributed by atoms with E-state index in [1.807, 2.05) is 18.2 Å². The predicted molar refractivity (Wildman–Crippen MR) is 102 cm³/mol. The Morgan fingerprint density at radius 1 is 1.17 bits per heavy atom. The van der Waals surface area contributed by atoms with E-state index in [1.165, 1.54) is 19.3 Å². The molecule has 2 rings (SSSR count). The maximum absolute atomic E-state index is 9.32. The van der Waals surface area contributed by atoms with E-state index in [1.54, 1.807) is 0 Å². The molecule has 1 aliphatic heterocycles. The van der Waals surface area contributed by atoms with Crippen molar-refractivity contribution in [3.63, 3.8) is 0 Å². The monoisotopic (exact) mass is 331 g/mol. The number of guanidine groups is 1. The molecule has 1 fully saturated rings. The van der Waals surface area contributed by atoms with Crippen LogP contribution in [0.4, 0.5) is 5.69 Å². The zero-order valence-electron chi connectivity index (χ0n) is 15.2. The molecule has 0 bridgehead atoms. The first kappa shape index (κ1) is 18.8. The molecule has 0 saturated carbocycles. The lowest BCUT2D eigenvalue weighted by Gasteiger charge is -2.30. The van der Waals surface area contributed by atoms with Crippen molar-refractivity contribution in [1.82, 2.24) is 4.90 Å². The highest BCUT2D eigenvalue weighted by atomic mass is 16.3. The smallest absolute Gasteiger partial charge is 0.198 e. The minimum absolute atomic E-state index is 0.248. The molecule has 0 aliphatic carbocycles. The minimum atomic E-state index is 0.248. The molecule has 1 unspecified atom stereocenters. The minimum Gasteiger partial charge on any atom is -0.396 e. The van der Waals surface area contributed by atoms with Crippen molar-refractivity contribution in [2.24, 2.45) is 16.8 Å². The predicted octanol–water partition coefficient (Wildman–Crippen LogP) is 3.99. The van der Waals surface area contributed by atoms with Crippen LogP contribution in [0.2, 0.25) is 0 Å². The summed E-state index contributed by atoms with van der Waals surface area (Å²) in [6.45, 7) is 7.66. The average Bonchev–Trinajstić information content (AvgIpc) is 2.60. The summed E-state index contributed by atoms with van der Waals surface area (Å²) in [5.41, 5.74) is 1.09. The van der Waals surface area contributed by atoms with E-state index >= 15 is 0 Å². The van der Waals surface area contributed by atoms with Gasteiger partial charge < -0.3 is 15.3 Å². The molecular formula is C20H33N3O. The topological polar surface area (TPSA) is 47.9 Å². The van der Waals surface area contributed by atoms with Crippen LogP contribution < -0.4 is 5.32 Å². The van der Waals surface area contributed by atoms with Gasteiger partial charge in [0.15, 0.2) is 5.96 Å². The van der Waals surface area contributed by atoms with Crippen LogP contribution in [0.5, 0.6) is 0 Å². The van der Waals surface area contributed by atoms with E-state index in [4.69, 9.17) is 4.99 Å². The number of aliphatic hydroxyl groups excluding tert-OH is 1. The molecule has 1 aromatic carbocycles. The Hall–Kier alpha value is -1.55. The number of likely N-dealkylation sites (tertiary alicyclic amines) is 1. The van der Waals surface area contributed by atoms with Gasteiger partial charge in [0.2, 0.25) is 0 Å². The van der Waals surface area contributed by atoms with Gasteiger partial charge in [0.05, 0.1) is 0 Å². The number of hydrogen-bond acceptors (Lipinski definition) is 2. The van der Waals surface area contributed by atoms with E-state index in [0.717, 1.165) is 44.1 Å². The van der Waals surface area contributed by atoms with Gasteiger partial charge >= 0.3 is 0 Å². The van der Waals surface area contributed by atoms with E-state index < -0.39 is 0 Å². The van der Waals surface area contributed by atoms with Crippen molar-refractivity contribution in [1.29, 1.82) is 0 Å². The number of piperidine rings is 1. The van der Waals surface area contributed by atoms with Crippen LogP contribution in [-0.2, 0) is 0 Å². The molecule has 4 heteroatoms. The lowest BCUT2D eigenvalue weighted by molar-refractivity contribution is 0.245. The van der Waals surface area contributed by atoms with Crippen molar-refractivity contribution >= 4 is 11.6 Å². The van der Waals surface area contributed by atoms with Crippen LogP contribution in [0.25, 0.3) is 0 Å². The highest BCUT2D eigenvalue weighted by Gasteiger charge is 2.16. The van der Waals surface area contributed by atoms with E-state index in [0.29, 0.717) is 11.8 Å². The number of anilines is 1. The first-order valence-electron chi connectivity index (χ1n) is 9.41. The lowest BCUT2D eigenvalue weighted by atomic mass is 9.94. The second-order valence-electron chi connectivity index (χ2n) is 7.21. The largest absolute Gasteiger partial charge is 0.396 e. The van der Waals surface area contributed by atoms with Crippen molar-refractivity contribution in [3.8, 4) is 0 Å². The quantitative estimate of drug-likeness (QED) is 0.587. The molecule has 134 valence electrons. The number of aliphatic imine (C=N–C) groups is 1. The normalized spacial score (nSPS) is 17.2. The molecule has 0 spiro atoms. The zero-order valence-corrected chi connectivity index (χ0v) is 15.2. The van der Waals surface area contributed by atoms with Gasteiger partial charge in [-0.3, -0.25) is 4.99 Å². The Bertz CT molecular complexity index is 481. The molecule has 1 saturated heterocycles. The van der Waals surface area contributed by atoms with Gasteiger partial charge in [-0.1, -0.05) is 32.0 Å². The molecule has 0 amide bonds. The molecular weight excluding hydrogens is 298 g/mol. The Labute approximate surface area is 147 Å². The molecule has 4 nitrogen and oxygen atoms in total. The Morgan fingerprint density at radius 2 is 1.88 bits per heavy atom. The third-order valence-electron chi connectivity index (χ3n) is 4.53. The number of rotatable bonds is 7. The van der Waals surface area contributed by atoms with Gasteiger partial charge in [-0.15, -0.1) is 0 Å². The van der Waals surface area contributed by atoms with Crippen LogP contribution in [0.15, 0.2) is 35.3 Å². The van der Waals surface area contributed by atoms with Crippen molar-refractivity contribution < 1.29 is 5.11 Å². The maximum atomic E-state index is 9.32. The Kier molecular flexibility index (Phi) is 8.10. The molecule has 2 N–H and O–H groups in total. The summed E-state index contributed by atoms with van der Waals surface area (Å²) in [6.07, 6.45) is 5.74. The lowest BCUT2D eigenvalue weighted by Crippen LogP contribution is -2.40. The fourth-order valence-electron chi connectivity index (χ4n) is 3.32. The number of benzene rings is 1. The SMILES string of the molecule is CC(C)CC(CCO)CN=C(Nc1ccccc1)N1CCCCC1. The maximum Gasteiger partial charge on any atom is 0.198 e. The average molecular weight is 332 g/mol. The third kappa shape index (κ3) is 6.52. The van der Waals surface area contributed by atoms with Gasteiger partial charge in [0, 0.05) is 31.9 Å². The van der Waals surface area contributed by atoms with E-state index in [-0.39, 0.29) is 6.61 Å². The highest BCUT2D eigenvalue weighted by Crippen LogP contribution is 2.17. The second-order valence-corrected chi connectivity index (χ2v) is 7.21. The van der Waals surface area contributed by atoms with Gasteiger partial charge in [-0.05, 0) is 56.1 Å². The standard InChI is InChI=1S/C20H33N3O/c1-17(2)15-18(11-14-24)16-21-20(23-12-7-4-8-13-23)22-19-9-5-3-6-10-19/h3,5-6,9-10,17-18,24H,4,7-8,11-16H2,1-2H3,(H,21,22). The summed E-state index contributed by atoms with van der Waals surface area (Å²) >= 11 is 0. The summed E-state index contributed by atoms with van der Waals surface area (Å²) in [5, 5.41) is 12.8. The Morgan fingerprint density at radius 3 is 2.50 bits per heavy atom. The van der Waals surface area contributed by atoms with Crippen molar-refractivity contribution in [2.75, 3.05) is 31.6 Å². The van der Waals surface area contributed by atoms with Crippen molar-refractivity contribution in [2.45, 2.75) is 46.0 Å². The molecule has 24 heavy (non-hydrogen) atoms. The summed E-state index contributed by atoms with van der Waals surface area (Å²) < 4.78 is 0. The van der Waals surface area contributed by atoms with Crippen LogP contribution in [0.3, 0.4) is 0 Å². The first-order valence-corrected chi connectivity index (χ1v) is 9.41. The molecule has 1 atom stereocenters. The fraction of sp³-hybridized carbons (Fsp3) is 0.650. The van der Waals surface area contributed by atoms with Gasteiger partial charge in [-0.25, -0.2) is 0 Å². The van der Waals surface area contributed by atoms with Crippen LogP contribution >= 0.6 is 0 Å². The zero-order chi connectivity index (χ0) is 17.2. The van der Waals surface area contributed by atoms with Crippen molar-refractivity contribution in [3.05, 3.63) is 30.3 Å². The summed E-state index contributed by atoms with van der Waals surface area (Å²) in [5.74, 6) is 2.08. The Balaban J connectivity index is 2.07. The van der Waals surface area contributed by atoms with Gasteiger partial charge in [0.1, 0.15) is 0 Å². The summed E-state index contributed by atoms with van der Waals surface area (Å²) in [6, 6.07) is 10.3. The third-order valence-corrected chi connectivity index (χ3v) is 4.53. The summed E-state index contributed by atoms with van der Waals surface area (Å²) in [4.78, 5) is 7.31. The second kappa shape index (κ2) is 10.3. The number of hydrogen-bond donors (Lipinski definition) is 2. The van der Waals surface area contributed by atoms with Crippen LogP contribution in [0.1, 0.15) is 46.0 Å².